The van der Waals surface area contributed by atoms with Gasteiger partial charge in [0.25, 0.3) is 5.91 Å². The highest BCUT2D eigenvalue weighted by atomic mass is 35.5. The van der Waals surface area contributed by atoms with Gasteiger partial charge in [-0.05, 0) is 48.0 Å². The molecule has 0 aromatic heterocycles. The van der Waals surface area contributed by atoms with Crippen LogP contribution >= 0.6 is 34.8 Å². The molecular weight excluding hydrogens is 459 g/mol. The van der Waals surface area contributed by atoms with Crippen LogP contribution < -0.4 is 10.2 Å². The van der Waals surface area contributed by atoms with Gasteiger partial charge < -0.3 is 9.84 Å². The number of nitrogens with zero attached hydrogens (tertiary/aromatic N) is 1. The lowest BCUT2D eigenvalue weighted by molar-refractivity contribution is 0.0955. The summed E-state index contributed by atoms with van der Waals surface area (Å²) < 4.78 is 5.52. The molecule has 0 heterocycles. The van der Waals surface area contributed by atoms with Crippen molar-refractivity contribution in [2.75, 3.05) is 6.61 Å². The summed E-state index contributed by atoms with van der Waals surface area (Å²) in [5, 5.41) is 14.3. The van der Waals surface area contributed by atoms with E-state index < -0.39 is 5.91 Å². The standard InChI is InChI=1S/C23H15Cl3N2O3/c24-18-4-1-5-19(25)22(18)31-12-2-3-15-6-8-16(9-7-15)14-27-28-23(30)17-10-11-21(29)20(26)13-17/h1,4-11,13-14,29H,12H2,(H,28,30)/b27-14+. The van der Waals surface area contributed by atoms with Crippen LogP contribution in [0.2, 0.25) is 15.1 Å². The Labute approximate surface area is 194 Å². The number of carbonyl (C=O) groups is 1. The largest absolute Gasteiger partial charge is 0.506 e. The molecule has 3 aromatic rings. The Morgan fingerprint density at radius 2 is 1.74 bits per heavy atom. The summed E-state index contributed by atoms with van der Waals surface area (Å²) in [4.78, 5) is 12.0. The summed E-state index contributed by atoms with van der Waals surface area (Å²) in [5.41, 5.74) is 4.24. The summed E-state index contributed by atoms with van der Waals surface area (Å²) in [6.45, 7) is 0.139. The van der Waals surface area contributed by atoms with Crippen molar-refractivity contribution < 1.29 is 14.6 Å². The normalized spacial score (nSPS) is 10.4. The smallest absolute Gasteiger partial charge is 0.271 e. The maximum atomic E-state index is 12.0. The Bertz CT molecular complexity index is 1160. The van der Waals surface area contributed by atoms with Gasteiger partial charge in [-0.25, -0.2) is 5.43 Å². The van der Waals surface area contributed by atoms with E-state index in [0.717, 1.165) is 11.1 Å². The van der Waals surface area contributed by atoms with Crippen molar-refractivity contribution in [3.05, 3.63) is 92.4 Å². The second-order valence-electron chi connectivity index (χ2n) is 6.13. The van der Waals surface area contributed by atoms with Gasteiger partial charge in [-0.3, -0.25) is 4.79 Å². The second kappa shape index (κ2) is 10.7. The quantitative estimate of drug-likeness (QED) is 0.290. The van der Waals surface area contributed by atoms with Gasteiger partial charge in [-0.1, -0.05) is 64.8 Å². The summed E-state index contributed by atoms with van der Waals surface area (Å²) in [6.07, 6.45) is 1.50. The SMILES string of the molecule is O=C(N/N=C/c1ccc(C#CCOc2c(Cl)cccc2Cl)cc1)c1ccc(O)c(Cl)c1. The average Bonchev–Trinajstić information content (AvgIpc) is 2.75. The van der Waals surface area contributed by atoms with Gasteiger partial charge in [-0.2, -0.15) is 5.10 Å². The number of phenols is 1. The van der Waals surface area contributed by atoms with E-state index in [1.807, 2.05) is 24.3 Å². The van der Waals surface area contributed by atoms with Crippen molar-refractivity contribution in [2.24, 2.45) is 5.10 Å². The Morgan fingerprint density at radius 3 is 2.42 bits per heavy atom. The number of phenolic OH excluding ortho intramolecular Hbond substituents is 1. The molecule has 0 aliphatic carbocycles. The van der Waals surface area contributed by atoms with E-state index in [2.05, 4.69) is 22.4 Å². The summed E-state index contributed by atoms with van der Waals surface area (Å²) in [5.74, 6) is 5.75. The zero-order chi connectivity index (χ0) is 22.2. The van der Waals surface area contributed by atoms with Crippen LogP contribution in [0.1, 0.15) is 21.5 Å². The topological polar surface area (TPSA) is 70.9 Å². The van der Waals surface area contributed by atoms with Gasteiger partial charge in [0.2, 0.25) is 0 Å². The molecule has 3 rings (SSSR count). The molecule has 156 valence electrons. The van der Waals surface area contributed by atoms with Crippen LogP contribution in [-0.2, 0) is 0 Å². The lowest BCUT2D eigenvalue weighted by atomic mass is 10.1. The number of hydrogen-bond donors (Lipinski definition) is 2. The number of nitrogens with one attached hydrogen (secondary N) is 1. The van der Waals surface area contributed by atoms with Crippen LogP contribution in [0.15, 0.2) is 65.8 Å². The molecule has 3 aromatic carbocycles. The lowest BCUT2D eigenvalue weighted by Crippen LogP contribution is -2.17. The van der Waals surface area contributed by atoms with Gasteiger partial charge in [-0.15, -0.1) is 0 Å². The highest BCUT2D eigenvalue weighted by Gasteiger charge is 2.07. The van der Waals surface area contributed by atoms with Crippen molar-refractivity contribution in [3.63, 3.8) is 0 Å². The minimum atomic E-state index is -0.445. The first-order valence-corrected chi connectivity index (χ1v) is 10.0. The molecule has 0 fully saturated rings. The third kappa shape index (κ3) is 6.40. The summed E-state index contributed by atoms with van der Waals surface area (Å²) in [7, 11) is 0. The maximum Gasteiger partial charge on any atom is 0.271 e. The molecule has 0 bridgehead atoms. The van der Waals surface area contributed by atoms with E-state index in [0.29, 0.717) is 15.8 Å². The highest BCUT2D eigenvalue weighted by Crippen LogP contribution is 2.32. The highest BCUT2D eigenvalue weighted by molar-refractivity contribution is 6.37. The monoisotopic (exact) mass is 472 g/mol. The van der Waals surface area contributed by atoms with Crippen LogP contribution in [0.4, 0.5) is 0 Å². The minimum absolute atomic E-state index is 0.0914. The van der Waals surface area contributed by atoms with Gasteiger partial charge in [0, 0.05) is 11.1 Å². The van der Waals surface area contributed by atoms with Crippen molar-refractivity contribution in [3.8, 4) is 23.3 Å². The Hall–Kier alpha value is -3.17. The first-order valence-electron chi connectivity index (χ1n) is 8.91. The van der Waals surface area contributed by atoms with Crippen LogP contribution in [0, 0.1) is 11.8 Å². The number of hydrazone groups is 1. The fraction of sp³-hybridized carbons (Fsp3) is 0.0435. The molecule has 0 aliphatic heterocycles. The van der Waals surface area contributed by atoms with E-state index in [1.54, 1.807) is 18.2 Å². The van der Waals surface area contributed by atoms with Crippen molar-refractivity contribution in [1.29, 1.82) is 0 Å². The summed E-state index contributed by atoms with van der Waals surface area (Å²) >= 11 is 17.9. The number of hydrogen-bond acceptors (Lipinski definition) is 4. The number of carbonyl (C=O) groups excluding carboxylic acids is 1. The first kappa shape index (κ1) is 22.5. The molecule has 0 atom stereocenters. The molecule has 0 spiro atoms. The Balaban J connectivity index is 1.52. The van der Waals surface area contributed by atoms with Gasteiger partial charge in [0.05, 0.1) is 21.3 Å². The number of aromatic hydroxyl groups is 1. The third-order valence-electron chi connectivity index (χ3n) is 3.94. The Morgan fingerprint density at radius 1 is 1.03 bits per heavy atom. The molecule has 0 aliphatic rings. The number of amides is 1. The van der Waals surface area contributed by atoms with Crippen molar-refractivity contribution in [1.82, 2.24) is 5.43 Å². The van der Waals surface area contributed by atoms with Crippen LogP contribution in [0.3, 0.4) is 0 Å². The number of rotatable bonds is 5. The molecule has 0 radical (unpaired) electrons. The number of halogens is 3. The second-order valence-corrected chi connectivity index (χ2v) is 7.35. The fourth-order valence-electron chi connectivity index (χ4n) is 2.40. The molecule has 0 saturated carbocycles. The van der Waals surface area contributed by atoms with Crippen LogP contribution in [0.25, 0.3) is 0 Å². The number of benzene rings is 3. The molecule has 0 unspecified atom stereocenters. The average molecular weight is 474 g/mol. The number of para-hydroxylation sites is 1. The molecule has 0 saturated heterocycles. The molecule has 5 nitrogen and oxygen atoms in total. The predicted octanol–water partition coefficient (Wildman–Crippen LogP) is 5.55. The van der Waals surface area contributed by atoms with Gasteiger partial charge >= 0.3 is 0 Å². The van der Waals surface area contributed by atoms with E-state index in [9.17, 15) is 9.90 Å². The van der Waals surface area contributed by atoms with E-state index in [-0.39, 0.29) is 22.9 Å². The van der Waals surface area contributed by atoms with Crippen molar-refractivity contribution >= 4 is 46.9 Å². The summed E-state index contributed by atoms with van der Waals surface area (Å²) in [6, 6.07) is 16.5. The van der Waals surface area contributed by atoms with Gasteiger partial charge in [0.15, 0.2) is 5.75 Å². The lowest BCUT2D eigenvalue weighted by Gasteiger charge is -2.05. The molecular formula is C23H15Cl3N2O3. The molecule has 31 heavy (non-hydrogen) atoms. The zero-order valence-corrected chi connectivity index (χ0v) is 18.2. The maximum absolute atomic E-state index is 12.0. The van der Waals surface area contributed by atoms with Gasteiger partial charge in [0.1, 0.15) is 12.4 Å². The Kier molecular flexibility index (Phi) is 7.80. The van der Waals surface area contributed by atoms with Crippen molar-refractivity contribution in [2.45, 2.75) is 0 Å². The van der Waals surface area contributed by atoms with E-state index >= 15 is 0 Å². The molecule has 1 amide bonds. The first-order chi connectivity index (χ1) is 14.9. The van der Waals surface area contributed by atoms with E-state index in [4.69, 9.17) is 39.5 Å². The zero-order valence-electron chi connectivity index (χ0n) is 15.9. The van der Waals surface area contributed by atoms with Crippen LogP contribution in [-0.4, -0.2) is 23.8 Å². The number of ether oxygens (including phenoxy) is 1. The van der Waals surface area contributed by atoms with Crippen LogP contribution in [0.5, 0.6) is 11.5 Å². The minimum Gasteiger partial charge on any atom is -0.506 e. The molecule has 2 N–H and O–H groups in total. The third-order valence-corrected chi connectivity index (χ3v) is 4.84. The van der Waals surface area contributed by atoms with E-state index in [1.165, 1.54) is 24.4 Å². The molecule has 8 heteroatoms. The predicted molar refractivity (Wildman–Crippen MR) is 123 cm³/mol. The fourth-order valence-corrected chi connectivity index (χ4v) is 3.08.